The zero-order chi connectivity index (χ0) is 21.8. The van der Waals surface area contributed by atoms with Gasteiger partial charge < -0.3 is 0 Å². The molecular weight excluding hydrogens is 410 g/mol. The maximum absolute atomic E-state index is 13.3. The van der Waals surface area contributed by atoms with E-state index in [-0.39, 0.29) is 10.8 Å². The molecule has 1 atom stereocenters. The second kappa shape index (κ2) is 8.91. The van der Waals surface area contributed by atoms with E-state index < -0.39 is 16.1 Å². The van der Waals surface area contributed by atoms with Gasteiger partial charge in [0.25, 0.3) is 5.91 Å². The molecule has 1 aliphatic rings. The van der Waals surface area contributed by atoms with Crippen molar-refractivity contribution in [3.63, 3.8) is 0 Å². The first-order valence-electron chi connectivity index (χ1n) is 10.3. The van der Waals surface area contributed by atoms with Gasteiger partial charge in [-0.2, -0.15) is 4.31 Å². The molecule has 3 aromatic rings. The second-order valence-corrected chi connectivity index (χ2v) is 9.46. The highest BCUT2D eigenvalue weighted by atomic mass is 32.2. The van der Waals surface area contributed by atoms with Gasteiger partial charge in [-0.3, -0.25) is 15.2 Å². The molecule has 31 heavy (non-hydrogen) atoms. The van der Waals surface area contributed by atoms with Crippen molar-refractivity contribution in [3.8, 4) is 0 Å². The lowest BCUT2D eigenvalue weighted by molar-refractivity contribution is -0.124. The third-order valence-electron chi connectivity index (χ3n) is 5.38. The number of aryl methyl sites for hydroxylation is 1. The summed E-state index contributed by atoms with van der Waals surface area (Å²) in [4.78, 5) is 13.5. The summed E-state index contributed by atoms with van der Waals surface area (Å²) in [6, 6.07) is 24.9. The Morgan fingerprint density at radius 1 is 0.903 bits per heavy atom. The summed E-state index contributed by atoms with van der Waals surface area (Å²) in [6.07, 6.45) is 1.12. The fraction of sp³-hybridized carbons (Fsp3) is 0.208. The predicted octanol–water partition coefficient (Wildman–Crippen LogP) is 4.02. The Hall–Kier alpha value is -3.16. The van der Waals surface area contributed by atoms with Gasteiger partial charge in [0.05, 0.1) is 16.3 Å². The average molecular weight is 436 g/mol. The van der Waals surface area contributed by atoms with Crippen molar-refractivity contribution >= 4 is 27.3 Å². The summed E-state index contributed by atoms with van der Waals surface area (Å²) in [6.45, 7) is 2.23. The maximum atomic E-state index is 13.3. The maximum Gasteiger partial charge on any atom is 0.257 e. The molecule has 0 aromatic heterocycles. The van der Waals surface area contributed by atoms with Crippen LogP contribution in [0.4, 0.5) is 11.4 Å². The number of benzene rings is 3. The minimum absolute atomic E-state index is 0.209. The predicted molar refractivity (Wildman–Crippen MR) is 121 cm³/mol. The van der Waals surface area contributed by atoms with Crippen molar-refractivity contribution in [2.24, 2.45) is 0 Å². The van der Waals surface area contributed by atoms with Crippen LogP contribution in [0.25, 0.3) is 0 Å². The summed E-state index contributed by atoms with van der Waals surface area (Å²) >= 11 is 0. The van der Waals surface area contributed by atoms with E-state index in [2.05, 4.69) is 5.43 Å². The van der Waals surface area contributed by atoms with Crippen LogP contribution in [0.15, 0.2) is 89.8 Å². The van der Waals surface area contributed by atoms with Gasteiger partial charge in [-0.1, -0.05) is 54.1 Å². The van der Waals surface area contributed by atoms with E-state index in [1.165, 1.54) is 4.31 Å². The minimum Gasteiger partial charge on any atom is -0.271 e. The number of hydrogen-bond acceptors (Lipinski definition) is 4. The topological polar surface area (TPSA) is 69.7 Å². The third-order valence-corrected chi connectivity index (χ3v) is 7.31. The van der Waals surface area contributed by atoms with Gasteiger partial charge in [-0.05, 0) is 56.2 Å². The van der Waals surface area contributed by atoms with E-state index in [0.717, 1.165) is 16.9 Å². The summed E-state index contributed by atoms with van der Waals surface area (Å²) in [5.41, 5.74) is 5.50. The number of anilines is 2. The number of hydrazine groups is 1. The van der Waals surface area contributed by atoms with Crippen molar-refractivity contribution in [3.05, 3.63) is 90.5 Å². The summed E-state index contributed by atoms with van der Waals surface area (Å²) in [5, 5.41) is 1.69. The molecule has 4 rings (SSSR count). The van der Waals surface area contributed by atoms with Crippen molar-refractivity contribution in [1.29, 1.82) is 0 Å². The van der Waals surface area contributed by atoms with Crippen LogP contribution in [-0.4, -0.2) is 31.2 Å². The quantitative estimate of drug-likeness (QED) is 0.594. The van der Waals surface area contributed by atoms with Gasteiger partial charge in [0.15, 0.2) is 0 Å². The molecule has 1 N–H and O–H groups in total. The van der Waals surface area contributed by atoms with Crippen LogP contribution in [-0.2, 0) is 14.8 Å². The molecular formula is C24H25N3O3S. The number of para-hydroxylation sites is 2. The highest BCUT2D eigenvalue weighted by Crippen LogP contribution is 2.28. The number of sulfonamides is 1. The fourth-order valence-electron chi connectivity index (χ4n) is 3.75. The first-order valence-corrected chi connectivity index (χ1v) is 11.7. The van der Waals surface area contributed by atoms with Crippen LogP contribution < -0.4 is 10.4 Å². The van der Waals surface area contributed by atoms with Crippen molar-refractivity contribution < 1.29 is 13.2 Å². The van der Waals surface area contributed by atoms with Crippen LogP contribution in [0, 0.1) is 6.92 Å². The molecule has 1 aliphatic heterocycles. The van der Waals surface area contributed by atoms with Crippen molar-refractivity contribution in [2.75, 3.05) is 11.6 Å². The second-order valence-electron chi connectivity index (χ2n) is 7.57. The van der Waals surface area contributed by atoms with Crippen molar-refractivity contribution in [2.45, 2.75) is 30.7 Å². The van der Waals surface area contributed by atoms with E-state index in [0.29, 0.717) is 19.4 Å². The largest absolute Gasteiger partial charge is 0.271 e. The number of nitrogens with one attached hydrogen (secondary N) is 1. The Bertz CT molecular complexity index is 1090. The normalized spacial score (nSPS) is 16.7. The number of carbonyl (C=O) groups excluding carboxylic acids is 1. The van der Waals surface area contributed by atoms with Crippen LogP contribution in [0.1, 0.15) is 18.4 Å². The monoisotopic (exact) mass is 435 g/mol. The molecule has 1 heterocycles. The highest BCUT2D eigenvalue weighted by molar-refractivity contribution is 7.89. The van der Waals surface area contributed by atoms with E-state index >= 15 is 0 Å². The Labute approximate surface area is 183 Å². The smallest absolute Gasteiger partial charge is 0.257 e. The van der Waals surface area contributed by atoms with Crippen LogP contribution in [0.2, 0.25) is 0 Å². The van der Waals surface area contributed by atoms with Gasteiger partial charge in [-0.15, -0.1) is 0 Å². The molecule has 160 valence electrons. The van der Waals surface area contributed by atoms with E-state index in [4.69, 9.17) is 0 Å². The summed E-state index contributed by atoms with van der Waals surface area (Å²) < 4.78 is 27.8. The zero-order valence-corrected chi connectivity index (χ0v) is 18.1. The van der Waals surface area contributed by atoms with Gasteiger partial charge >= 0.3 is 0 Å². The van der Waals surface area contributed by atoms with Crippen molar-refractivity contribution in [1.82, 2.24) is 9.73 Å². The molecule has 7 heteroatoms. The number of hydrogen-bond donors (Lipinski definition) is 1. The Morgan fingerprint density at radius 2 is 1.45 bits per heavy atom. The summed E-state index contributed by atoms with van der Waals surface area (Å²) in [7, 11) is -3.76. The molecule has 0 spiro atoms. The molecule has 0 bridgehead atoms. The van der Waals surface area contributed by atoms with Gasteiger partial charge in [0.1, 0.15) is 6.04 Å². The first-order chi connectivity index (χ1) is 15.0. The Morgan fingerprint density at radius 3 is 2.00 bits per heavy atom. The molecule has 0 saturated carbocycles. The number of amides is 1. The van der Waals surface area contributed by atoms with Gasteiger partial charge in [-0.25, -0.2) is 8.42 Å². The van der Waals surface area contributed by atoms with Crippen LogP contribution >= 0.6 is 0 Å². The highest BCUT2D eigenvalue weighted by Gasteiger charge is 2.40. The Kier molecular flexibility index (Phi) is 6.06. The van der Waals surface area contributed by atoms with E-state index in [1.54, 1.807) is 29.3 Å². The Balaban J connectivity index is 1.60. The molecule has 0 aliphatic carbocycles. The molecule has 3 aromatic carbocycles. The molecule has 6 nitrogen and oxygen atoms in total. The van der Waals surface area contributed by atoms with Crippen LogP contribution in [0.5, 0.6) is 0 Å². The van der Waals surface area contributed by atoms with Crippen LogP contribution in [0.3, 0.4) is 0 Å². The lowest BCUT2D eigenvalue weighted by Crippen LogP contribution is -2.50. The van der Waals surface area contributed by atoms with Gasteiger partial charge in [0, 0.05) is 6.54 Å². The standard InChI is InChI=1S/C24H25N3O3S/c1-19-14-16-22(17-15-19)31(29,30)26-18-8-13-23(26)24(28)25-27(20-9-4-2-5-10-20)21-11-6-3-7-12-21/h2-7,9-12,14-17,23H,8,13,18H2,1H3,(H,25,28)/t23-/m1/s1. The van der Waals surface area contributed by atoms with E-state index in [9.17, 15) is 13.2 Å². The van der Waals surface area contributed by atoms with E-state index in [1.807, 2.05) is 67.6 Å². The third kappa shape index (κ3) is 4.47. The molecule has 1 amide bonds. The zero-order valence-electron chi connectivity index (χ0n) is 17.3. The molecule has 1 saturated heterocycles. The number of carbonyl (C=O) groups is 1. The van der Waals surface area contributed by atoms with Gasteiger partial charge in [0.2, 0.25) is 10.0 Å². The SMILES string of the molecule is Cc1ccc(S(=O)(=O)N2CCC[C@@H]2C(=O)NN(c2ccccc2)c2ccccc2)cc1. The minimum atomic E-state index is -3.76. The summed E-state index contributed by atoms with van der Waals surface area (Å²) in [5.74, 6) is -0.346. The molecule has 0 radical (unpaired) electrons. The number of rotatable bonds is 6. The molecule has 1 fully saturated rings. The number of nitrogens with zero attached hydrogens (tertiary/aromatic N) is 2. The first kappa shape index (κ1) is 21.1. The lowest BCUT2D eigenvalue weighted by atomic mass is 10.2. The molecule has 0 unspecified atom stereocenters. The fourth-order valence-corrected chi connectivity index (χ4v) is 5.41. The lowest BCUT2D eigenvalue weighted by Gasteiger charge is -2.29. The average Bonchev–Trinajstić information content (AvgIpc) is 3.30.